The molecule has 1 heterocycles. The molecule has 6 rings (SSSR count). The molecular weight excluding hydrogens is 310 g/mol. The van der Waals surface area contributed by atoms with Gasteiger partial charge in [-0.05, 0) is 73.8 Å². The molecule has 4 aliphatic carbocycles. The minimum Gasteiger partial charge on any atom is -0.387 e. The summed E-state index contributed by atoms with van der Waals surface area (Å²) in [5, 5.41) is 15.3. The van der Waals surface area contributed by atoms with Gasteiger partial charge in [0.1, 0.15) is 0 Å². The zero-order valence-electron chi connectivity index (χ0n) is 15.3. The van der Waals surface area contributed by atoms with Gasteiger partial charge >= 0.3 is 0 Å². The lowest BCUT2D eigenvalue weighted by Gasteiger charge is -2.66. The van der Waals surface area contributed by atoms with Gasteiger partial charge in [-0.15, -0.1) is 0 Å². The van der Waals surface area contributed by atoms with E-state index in [4.69, 9.17) is 4.74 Å². The number of ether oxygens (including phenoxy) is 1. The van der Waals surface area contributed by atoms with Crippen LogP contribution in [0.15, 0.2) is 30.3 Å². The Kier molecular flexibility index (Phi) is 3.78. The molecule has 0 spiro atoms. The van der Waals surface area contributed by atoms with Gasteiger partial charge < -0.3 is 15.2 Å². The van der Waals surface area contributed by atoms with Crippen molar-refractivity contribution in [3.63, 3.8) is 0 Å². The molecule has 1 aromatic carbocycles. The van der Waals surface area contributed by atoms with Gasteiger partial charge in [0.2, 0.25) is 0 Å². The molecule has 25 heavy (non-hydrogen) atoms. The number of hydrogen-bond donors (Lipinski definition) is 2. The molecule has 1 saturated heterocycles. The first-order valence-corrected chi connectivity index (χ1v) is 10.2. The van der Waals surface area contributed by atoms with Crippen LogP contribution >= 0.6 is 0 Å². The van der Waals surface area contributed by atoms with Gasteiger partial charge in [-0.2, -0.15) is 0 Å². The summed E-state index contributed by atoms with van der Waals surface area (Å²) in [5.41, 5.74) is 0.742. The molecule has 4 atom stereocenters. The van der Waals surface area contributed by atoms with Gasteiger partial charge in [0.15, 0.2) is 0 Å². The Hall–Kier alpha value is -0.900. The molecule has 3 unspecified atom stereocenters. The van der Waals surface area contributed by atoms with Crippen molar-refractivity contribution in [3.8, 4) is 0 Å². The summed E-state index contributed by atoms with van der Waals surface area (Å²) >= 11 is 0. The average Bonchev–Trinajstić information content (AvgIpc) is 3.07. The first-order chi connectivity index (χ1) is 12.1. The van der Waals surface area contributed by atoms with E-state index in [1.54, 1.807) is 0 Å². The largest absolute Gasteiger partial charge is 0.387 e. The lowest BCUT2D eigenvalue weighted by Crippen LogP contribution is -2.69. The smallest absolute Gasteiger partial charge is 0.0920 e. The molecule has 2 N–H and O–H groups in total. The van der Waals surface area contributed by atoms with Gasteiger partial charge in [-0.3, -0.25) is 0 Å². The second-order valence-electron chi connectivity index (χ2n) is 9.55. The zero-order valence-corrected chi connectivity index (χ0v) is 15.3. The van der Waals surface area contributed by atoms with Crippen LogP contribution < -0.4 is 5.32 Å². The normalized spacial score (nSPS) is 48.2. The van der Waals surface area contributed by atoms with Crippen LogP contribution in [0.25, 0.3) is 0 Å². The molecule has 0 aromatic heterocycles. The average molecular weight is 341 g/mol. The lowest BCUT2D eigenvalue weighted by molar-refractivity contribution is -0.274. The number of nitrogens with one attached hydrogen (secondary N) is 1. The lowest BCUT2D eigenvalue weighted by atomic mass is 9.43. The highest BCUT2D eigenvalue weighted by atomic mass is 16.5. The monoisotopic (exact) mass is 341 g/mol. The van der Waals surface area contributed by atoms with Crippen LogP contribution in [0.3, 0.4) is 0 Å². The summed E-state index contributed by atoms with van der Waals surface area (Å²) in [6, 6.07) is 11.1. The van der Waals surface area contributed by atoms with Gasteiger partial charge in [0.25, 0.3) is 0 Å². The quantitative estimate of drug-likeness (QED) is 0.880. The first kappa shape index (κ1) is 16.3. The summed E-state index contributed by atoms with van der Waals surface area (Å²) in [5.74, 6) is 2.13. The standard InChI is InChI=1S/C22H31NO2/c1-21-10-16-12-22(24,20(21)25-14-15-6-3-2-4-7-15)13-17(11-21)19(16)18-8-5-9-23-18/h2-4,6-7,16-20,23-24H,5,8-14H2,1H3/t16?,17?,18?,19?,20-,21?,22?/m1/s1. The van der Waals surface area contributed by atoms with Crippen molar-refractivity contribution in [1.82, 2.24) is 5.32 Å². The van der Waals surface area contributed by atoms with Gasteiger partial charge in [-0.25, -0.2) is 0 Å². The number of aliphatic hydroxyl groups is 1. The predicted octanol–water partition coefficient (Wildman–Crippen LogP) is 3.51. The summed E-state index contributed by atoms with van der Waals surface area (Å²) in [7, 11) is 0. The van der Waals surface area contributed by atoms with Crippen molar-refractivity contribution < 1.29 is 9.84 Å². The van der Waals surface area contributed by atoms with Crippen molar-refractivity contribution in [2.45, 2.75) is 69.8 Å². The van der Waals surface area contributed by atoms with Gasteiger partial charge in [-0.1, -0.05) is 37.3 Å². The van der Waals surface area contributed by atoms with Crippen molar-refractivity contribution in [2.24, 2.45) is 23.2 Å². The summed E-state index contributed by atoms with van der Waals surface area (Å²) < 4.78 is 6.41. The van der Waals surface area contributed by atoms with E-state index in [1.807, 2.05) is 6.07 Å². The zero-order chi connectivity index (χ0) is 17.1. The van der Waals surface area contributed by atoms with Gasteiger partial charge in [0.05, 0.1) is 18.3 Å². The summed E-state index contributed by atoms with van der Waals surface area (Å²) in [4.78, 5) is 0. The third-order valence-electron chi connectivity index (χ3n) is 7.72. The highest BCUT2D eigenvalue weighted by Gasteiger charge is 2.66. The minimum absolute atomic E-state index is 0.00908. The topological polar surface area (TPSA) is 41.5 Å². The van der Waals surface area contributed by atoms with Crippen LogP contribution in [-0.2, 0) is 11.3 Å². The van der Waals surface area contributed by atoms with E-state index in [0.29, 0.717) is 24.5 Å². The maximum absolute atomic E-state index is 11.5. The van der Waals surface area contributed by atoms with E-state index in [2.05, 4.69) is 36.5 Å². The highest BCUT2D eigenvalue weighted by molar-refractivity contribution is 5.18. The van der Waals surface area contributed by atoms with E-state index in [0.717, 1.165) is 18.8 Å². The molecular formula is C22H31NO2. The van der Waals surface area contributed by atoms with Crippen LogP contribution in [0.2, 0.25) is 0 Å². The van der Waals surface area contributed by atoms with E-state index in [9.17, 15) is 5.11 Å². The fourth-order valence-electron chi connectivity index (χ4n) is 7.23. The number of benzene rings is 1. The first-order valence-electron chi connectivity index (χ1n) is 10.2. The highest BCUT2D eigenvalue weighted by Crippen LogP contribution is 2.65. The Morgan fingerprint density at radius 2 is 1.84 bits per heavy atom. The van der Waals surface area contributed by atoms with E-state index in [1.165, 1.54) is 37.8 Å². The molecule has 5 aliphatic rings. The Morgan fingerprint density at radius 1 is 1.12 bits per heavy atom. The maximum Gasteiger partial charge on any atom is 0.0920 e. The third kappa shape index (κ3) is 2.58. The molecule has 1 aliphatic heterocycles. The van der Waals surface area contributed by atoms with Crippen molar-refractivity contribution >= 4 is 0 Å². The molecule has 5 fully saturated rings. The third-order valence-corrected chi connectivity index (χ3v) is 7.72. The van der Waals surface area contributed by atoms with Crippen LogP contribution in [0.1, 0.15) is 51.0 Å². The van der Waals surface area contributed by atoms with Crippen LogP contribution in [0.5, 0.6) is 0 Å². The van der Waals surface area contributed by atoms with E-state index < -0.39 is 5.60 Å². The molecule has 136 valence electrons. The molecule has 4 saturated carbocycles. The van der Waals surface area contributed by atoms with Crippen molar-refractivity contribution in [3.05, 3.63) is 35.9 Å². The molecule has 0 amide bonds. The summed E-state index contributed by atoms with van der Waals surface area (Å²) in [6.45, 7) is 4.18. The van der Waals surface area contributed by atoms with E-state index in [-0.39, 0.29) is 11.5 Å². The molecule has 3 heteroatoms. The predicted molar refractivity (Wildman–Crippen MR) is 98.0 cm³/mol. The second-order valence-corrected chi connectivity index (χ2v) is 9.55. The number of hydrogen-bond acceptors (Lipinski definition) is 3. The maximum atomic E-state index is 11.5. The van der Waals surface area contributed by atoms with Crippen molar-refractivity contribution in [1.29, 1.82) is 0 Å². The Labute approximate surface area is 151 Å². The number of rotatable bonds is 4. The second kappa shape index (κ2) is 5.80. The Balaban J connectivity index is 1.35. The Bertz CT molecular complexity index is 586. The molecule has 3 nitrogen and oxygen atoms in total. The van der Waals surface area contributed by atoms with Crippen LogP contribution in [-0.4, -0.2) is 29.4 Å². The van der Waals surface area contributed by atoms with Gasteiger partial charge in [0, 0.05) is 6.04 Å². The van der Waals surface area contributed by atoms with Crippen LogP contribution in [0, 0.1) is 23.2 Å². The van der Waals surface area contributed by atoms with Crippen molar-refractivity contribution in [2.75, 3.05) is 6.54 Å². The fraction of sp³-hybridized carbons (Fsp3) is 0.727. The molecule has 1 aromatic rings. The fourth-order valence-corrected chi connectivity index (χ4v) is 7.23. The molecule has 0 radical (unpaired) electrons. The summed E-state index contributed by atoms with van der Waals surface area (Å²) in [6.07, 6.45) is 7.00. The SMILES string of the molecule is CC12CC3CC(O)(CC(C1)C3C1CCCN1)[C@@H]2OCc1ccccc1. The Morgan fingerprint density at radius 3 is 2.44 bits per heavy atom. The molecule has 4 bridgehead atoms. The minimum atomic E-state index is -0.607. The van der Waals surface area contributed by atoms with Crippen LogP contribution in [0.4, 0.5) is 0 Å². The van der Waals surface area contributed by atoms with E-state index >= 15 is 0 Å².